The van der Waals surface area contributed by atoms with Gasteiger partial charge >= 0.3 is 0 Å². The number of hydrogen-bond acceptors (Lipinski definition) is 6. The van der Waals surface area contributed by atoms with Gasteiger partial charge in [0.15, 0.2) is 0 Å². The Morgan fingerprint density at radius 2 is 0.667 bits per heavy atom. The highest BCUT2D eigenvalue weighted by Crippen LogP contribution is 2.45. The molecule has 6 nitrogen and oxygen atoms in total. The summed E-state index contributed by atoms with van der Waals surface area (Å²) in [5.41, 5.74) is 17.7. The molecule has 8 aromatic rings. The lowest BCUT2D eigenvalue weighted by Crippen LogP contribution is -2.00. The van der Waals surface area contributed by atoms with Gasteiger partial charge in [-0.05, 0) is 84.9 Å². The fourth-order valence-corrected chi connectivity index (χ4v) is 6.24. The number of phenols is 2. The summed E-state index contributed by atoms with van der Waals surface area (Å²) in [6.45, 7) is 0. The van der Waals surface area contributed by atoms with Crippen LogP contribution in [0.5, 0.6) is 34.5 Å². The second-order valence-electron chi connectivity index (χ2n) is 13.5. The van der Waals surface area contributed by atoms with E-state index in [9.17, 15) is 10.2 Å². The Bertz CT molecular complexity index is 2920. The van der Waals surface area contributed by atoms with Crippen molar-refractivity contribution in [2.75, 3.05) is 11.5 Å². The second kappa shape index (κ2) is 17.5. The lowest BCUT2D eigenvalue weighted by atomic mass is 9.91. The summed E-state index contributed by atoms with van der Waals surface area (Å²) in [5.74, 6) is 27.9. The van der Waals surface area contributed by atoms with Gasteiger partial charge in [0.05, 0.1) is 22.5 Å². The van der Waals surface area contributed by atoms with Crippen molar-refractivity contribution >= 4 is 22.1 Å². The molecule has 8 aromatic carbocycles. The smallest absolute Gasteiger partial charge is 0.142 e. The van der Waals surface area contributed by atoms with Gasteiger partial charge in [-0.1, -0.05) is 120 Å². The molecule has 284 valence electrons. The van der Waals surface area contributed by atoms with Gasteiger partial charge in [-0.2, -0.15) is 0 Å². The van der Waals surface area contributed by atoms with E-state index in [0.29, 0.717) is 56.0 Å². The highest BCUT2D eigenvalue weighted by molar-refractivity contribution is 6.05. The lowest BCUT2D eigenvalue weighted by Gasteiger charge is -2.19. The highest BCUT2D eigenvalue weighted by Gasteiger charge is 2.23. The van der Waals surface area contributed by atoms with Crippen LogP contribution in [0.2, 0.25) is 0 Å². The molecule has 0 aliphatic rings. The molecule has 0 fully saturated rings. The molecule has 6 heteroatoms. The maximum Gasteiger partial charge on any atom is 0.142 e. The normalized spacial score (nSPS) is 10.1. The van der Waals surface area contributed by atoms with E-state index in [0.717, 1.165) is 22.3 Å². The SMILES string of the molecule is Nc1ccc(Oc2cc(C#Cc3ccccc3)c(C#Cc3ccccc3)c3c(Oc4ccc(N)c(O)c4)cc(C#Cc4ccccc4)c(C#Cc4ccccc4)c23)cc1O. The number of hydrogen-bond donors (Lipinski definition) is 4. The number of anilines is 2. The van der Waals surface area contributed by atoms with E-state index in [4.69, 9.17) is 20.9 Å². The van der Waals surface area contributed by atoms with Gasteiger partial charge in [0.2, 0.25) is 0 Å². The molecule has 0 saturated heterocycles. The molecule has 0 amide bonds. The molecule has 60 heavy (non-hydrogen) atoms. The molecule has 8 rings (SSSR count). The van der Waals surface area contributed by atoms with Gasteiger partial charge < -0.3 is 31.2 Å². The Balaban J connectivity index is 1.53. The van der Waals surface area contributed by atoms with Crippen LogP contribution < -0.4 is 20.9 Å². The molecule has 0 bridgehead atoms. The van der Waals surface area contributed by atoms with Crippen molar-refractivity contribution in [3.8, 4) is 81.9 Å². The summed E-state index contributed by atoms with van der Waals surface area (Å²) in [6.07, 6.45) is 0. The predicted molar refractivity (Wildman–Crippen MR) is 239 cm³/mol. The van der Waals surface area contributed by atoms with E-state index >= 15 is 0 Å². The van der Waals surface area contributed by atoms with Crippen LogP contribution in [0, 0.1) is 47.4 Å². The molecule has 6 N–H and O–H groups in total. The van der Waals surface area contributed by atoms with E-state index in [-0.39, 0.29) is 22.9 Å². The van der Waals surface area contributed by atoms with Crippen LogP contribution in [-0.4, -0.2) is 10.2 Å². The minimum Gasteiger partial charge on any atom is -0.506 e. The monoisotopic (exact) mass is 774 g/mol. The summed E-state index contributed by atoms with van der Waals surface area (Å²) in [5, 5.41) is 22.4. The van der Waals surface area contributed by atoms with Crippen molar-refractivity contribution in [2.24, 2.45) is 0 Å². The first-order valence-electron chi connectivity index (χ1n) is 18.9. The third kappa shape index (κ3) is 8.86. The number of nitrogen functional groups attached to an aromatic ring is 2. The van der Waals surface area contributed by atoms with Crippen LogP contribution in [0.25, 0.3) is 10.8 Å². The first kappa shape index (κ1) is 38.0. The molecular weight excluding hydrogens is 741 g/mol. The quantitative estimate of drug-likeness (QED) is 0.0805. The van der Waals surface area contributed by atoms with Gasteiger partial charge in [0.25, 0.3) is 0 Å². The van der Waals surface area contributed by atoms with Crippen LogP contribution in [0.15, 0.2) is 170 Å². The third-order valence-corrected chi connectivity index (χ3v) is 9.23. The largest absolute Gasteiger partial charge is 0.506 e. The number of aromatic hydroxyl groups is 2. The zero-order valence-electron chi connectivity index (χ0n) is 32.0. The average Bonchev–Trinajstić information content (AvgIpc) is 3.28. The van der Waals surface area contributed by atoms with Crippen LogP contribution in [0.3, 0.4) is 0 Å². The molecule has 0 unspecified atom stereocenters. The highest BCUT2D eigenvalue weighted by atomic mass is 16.5. The number of ether oxygens (including phenoxy) is 2. The van der Waals surface area contributed by atoms with Crippen molar-refractivity contribution in [2.45, 2.75) is 0 Å². The Hall–Kier alpha value is -8.94. The van der Waals surface area contributed by atoms with Crippen LogP contribution in [-0.2, 0) is 0 Å². The second-order valence-corrected chi connectivity index (χ2v) is 13.5. The number of fused-ring (bicyclic) bond motifs is 1. The van der Waals surface area contributed by atoms with E-state index in [1.165, 1.54) is 12.1 Å². The molecule has 0 heterocycles. The number of benzene rings is 8. The van der Waals surface area contributed by atoms with Gasteiger partial charge in [-0.25, -0.2) is 0 Å². The molecular formula is C54H34N2O4. The summed E-state index contributed by atoms with van der Waals surface area (Å²) in [6, 6.07) is 51.5. The fraction of sp³-hybridized carbons (Fsp3) is 0. The standard InChI is InChI=1S/C54H34N2O4/c55-47-31-27-43(35-49(47)57)59-51-33-41(25-21-37-13-5-1-6-14-37)45(29-23-39-17-9-3-10-18-39)53-52(60-44-28-32-48(56)50(58)36-44)34-42(26-22-38-15-7-2-8-16-38)46(54(51)53)30-24-40-19-11-4-12-20-40/h1-20,27-28,31-36,57-58H,55-56H2. The molecule has 0 spiro atoms. The molecule has 0 atom stereocenters. The first-order valence-corrected chi connectivity index (χ1v) is 18.9. The van der Waals surface area contributed by atoms with Crippen LogP contribution >= 0.6 is 0 Å². The van der Waals surface area contributed by atoms with E-state index in [2.05, 4.69) is 47.4 Å². The third-order valence-electron chi connectivity index (χ3n) is 9.23. The van der Waals surface area contributed by atoms with Crippen molar-refractivity contribution < 1.29 is 19.7 Å². The Labute approximate surface area is 348 Å². The number of rotatable bonds is 4. The fourth-order valence-electron chi connectivity index (χ4n) is 6.24. The lowest BCUT2D eigenvalue weighted by molar-refractivity contribution is 0.456. The van der Waals surface area contributed by atoms with Crippen LogP contribution in [0.4, 0.5) is 11.4 Å². The molecule has 0 aliphatic heterocycles. The van der Waals surface area contributed by atoms with Crippen molar-refractivity contribution in [3.63, 3.8) is 0 Å². The molecule has 0 aromatic heterocycles. The summed E-state index contributed by atoms with van der Waals surface area (Å²) in [7, 11) is 0. The van der Waals surface area contributed by atoms with Crippen molar-refractivity contribution in [3.05, 3.63) is 214 Å². The maximum absolute atomic E-state index is 10.7. The van der Waals surface area contributed by atoms with Crippen molar-refractivity contribution in [1.82, 2.24) is 0 Å². The Morgan fingerprint density at radius 1 is 0.350 bits per heavy atom. The van der Waals surface area contributed by atoms with E-state index < -0.39 is 0 Å². The van der Waals surface area contributed by atoms with E-state index in [1.54, 1.807) is 24.3 Å². The van der Waals surface area contributed by atoms with Gasteiger partial charge in [0.1, 0.15) is 34.5 Å². The number of nitrogens with two attached hydrogens (primary N) is 2. The average molecular weight is 775 g/mol. The first-order chi connectivity index (χ1) is 29.4. The molecule has 0 saturated carbocycles. The summed E-state index contributed by atoms with van der Waals surface area (Å²) < 4.78 is 13.5. The Morgan fingerprint density at radius 3 is 0.983 bits per heavy atom. The number of phenolic OH excluding ortho intramolecular Hbond substituents is 2. The van der Waals surface area contributed by atoms with Crippen molar-refractivity contribution in [1.29, 1.82) is 0 Å². The predicted octanol–water partition coefficient (Wildman–Crippen LogP) is 10.6. The minimum absolute atomic E-state index is 0.142. The Kier molecular flexibility index (Phi) is 11.0. The van der Waals surface area contributed by atoms with Gasteiger partial charge in [-0.15, -0.1) is 0 Å². The minimum atomic E-state index is -0.142. The summed E-state index contributed by atoms with van der Waals surface area (Å²) >= 11 is 0. The molecule has 0 aliphatic carbocycles. The van der Waals surface area contributed by atoms with Crippen LogP contribution in [0.1, 0.15) is 44.5 Å². The van der Waals surface area contributed by atoms with Gasteiger partial charge in [0, 0.05) is 56.3 Å². The topological polar surface area (TPSA) is 111 Å². The molecule has 0 radical (unpaired) electrons. The summed E-state index contributed by atoms with van der Waals surface area (Å²) in [4.78, 5) is 0. The van der Waals surface area contributed by atoms with Gasteiger partial charge in [-0.3, -0.25) is 0 Å². The van der Waals surface area contributed by atoms with E-state index in [1.807, 2.05) is 133 Å². The maximum atomic E-state index is 10.7. The zero-order chi connectivity index (χ0) is 41.3. The zero-order valence-corrected chi connectivity index (χ0v) is 32.0.